The number of carbonyl (C=O) groups excluding carboxylic acids is 1. The molecular weight excluding hydrogens is 294 g/mol. The van der Waals surface area contributed by atoms with E-state index in [4.69, 9.17) is 11.6 Å². The Hall–Kier alpha value is -1.66. The average molecular weight is 314 g/mol. The zero-order valence-corrected chi connectivity index (χ0v) is 13.3. The van der Waals surface area contributed by atoms with Crippen LogP contribution >= 0.6 is 11.6 Å². The molecule has 1 amide bonds. The van der Waals surface area contributed by atoms with Gasteiger partial charge in [0.15, 0.2) is 0 Å². The lowest BCUT2D eigenvalue weighted by Gasteiger charge is -2.23. The summed E-state index contributed by atoms with van der Waals surface area (Å²) in [5, 5.41) is 17.1. The van der Waals surface area contributed by atoms with Gasteiger partial charge in [-0.1, -0.05) is 17.7 Å². The van der Waals surface area contributed by atoms with Crippen molar-refractivity contribution in [3.05, 3.63) is 38.9 Å². The van der Waals surface area contributed by atoms with Crippen molar-refractivity contribution >= 4 is 23.2 Å². The zero-order valence-electron chi connectivity index (χ0n) is 12.6. The Morgan fingerprint density at radius 1 is 1.43 bits per heavy atom. The quantitative estimate of drug-likeness (QED) is 0.646. The van der Waals surface area contributed by atoms with Crippen molar-refractivity contribution in [3.8, 4) is 0 Å². The van der Waals surface area contributed by atoms with Crippen molar-refractivity contribution in [1.29, 1.82) is 0 Å². The first kappa shape index (κ1) is 17.4. The number of benzene rings is 1. The lowest BCUT2D eigenvalue weighted by Crippen LogP contribution is -2.49. The van der Waals surface area contributed by atoms with Gasteiger partial charge < -0.3 is 10.6 Å². The predicted octanol–water partition coefficient (Wildman–Crippen LogP) is 2.64. The summed E-state index contributed by atoms with van der Waals surface area (Å²) >= 11 is 6.00. The second kappa shape index (κ2) is 6.87. The summed E-state index contributed by atoms with van der Waals surface area (Å²) in [7, 11) is 0. The predicted molar refractivity (Wildman–Crippen MR) is 82.3 cm³/mol. The third kappa shape index (κ3) is 5.32. The van der Waals surface area contributed by atoms with Crippen LogP contribution in [0.25, 0.3) is 0 Å². The largest absolute Gasteiger partial charge is 0.350 e. The van der Waals surface area contributed by atoms with Crippen molar-refractivity contribution < 1.29 is 9.72 Å². The van der Waals surface area contributed by atoms with Crippen LogP contribution in [0.5, 0.6) is 0 Å². The fourth-order valence-electron chi connectivity index (χ4n) is 1.72. The number of nitrogens with one attached hydrogen (secondary N) is 2. The SMILES string of the molecule is CC(NCc1c(Cl)cccc1[N+](=O)[O-])C(=O)NC(C)(C)C. The van der Waals surface area contributed by atoms with Crippen LogP contribution in [0.15, 0.2) is 18.2 Å². The highest BCUT2D eigenvalue weighted by atomic mass is 35.5. The normalized spacial score (nSPS) is 12.8. The molecule has 116 valence electrons. The van der Waals surface area contributed by atoms with E-state index >= 15 is 0 Å². The minimum absolute atomic E-state index is 0.0570. The number of nitrogens with zero attached hydrogens (tertiary/aromatic N) is 1. The Labute approximate surface area is 129 Å². The number of hydrogen-bond donors (Lipinski definition) is 2. The molecule has 1 rings (SSSR count). The lowest BCUT2D eigenvalue weighted by atomic mass is 10.1. The molecule has 2 N–H and O–H groups in total. The summed E-state index contributed by atoms with van der Waals surface area (Å²) in [6.07, 6.45) is 0. The maximum Gasteiger partial charge on any atom is 0.275 e. The van der Waals surface area contributed by atoms with Crippen LogP contribution in [0.4, 0.5) is 5.69 Å². The summed E-state index contributed by atoms with van der Waals surface area (Å²) in [5.41, 5.74) is -0.0124. The molecule has 0 aliphatic carbocycles. The number of halogens is 1. The molecule has 0 fully saturated rings. The van der Waals surface area contributed by atoms with Crippen LogP contribution in [0.3, 0.4) is 0 Å². The molecule has 1 aromatic carbocycles. The Morgan fingerprint density at radius 3 is 2.57 bits per heavy atom. The van der Waals surface area contributed by atoms with Crippen LogP contribution in [0.1, 0.15) is 33.3 Å². The van der Waals surface area contributed by atoms with E-state index in [0.29, 0.717) is 10.6 Å². The van der Waals surface area contributed by atoms with E-state index in [9.17, 15) is 14.9 Å². The van der Waals surface area contributed by atoms with Gasteiger partial charge in [-0.2, -0.15) is 0 Å². The van der Waals surface area contributed by atoms with Gasteiger partial charge in [0.2, 0.25) is 5.91 Å². The Bertz CT molecular complexity index is 541. The third-order valence-corrected chi connectivity index (χ3v) is 3.12. The summed E-state index contributed by atoms with van der Waals surface area (Å²) in [6, 6.07) is 4.02. The number of rotatable bonds is 5. The van der Waals surface area contributed by atoms with Gasteiger partial charge in [0, 0.05) is 18.2 Å². The molecule has 0 saturated heterocycles. The van der Waals surface area contributed by atoms with Crippen LogP contribution in [0.2, 0.25) is 5.02 Å². The minimum atomic E-state index is -0.486. The van der Waals surface area contributed by atoms with Gasteiger partial charge in [0.1, 0.15) is 0 Å². The molecule has 0 bridgehead atoms. The van der Waals surface area contributed by atoms with Crippen LogP contribution in [-0.4, -0.2) is 22.4 Å². The standard InChI is InChI=1S/C14H20ClN3O3/c1-9(13(19)17-14(2,3)4)16-8-10-11(15)6-5-7-12(10)18(20)21/h5-7,9,16H,8H2,1-4H3,(H,17,19). The average Bonchev–Trinajstić information content (AvgIpc) is 2.34. The molecule has 0 heterocycles. The number of carbonyl (C=O) groups is 1. The van der Waals surface area contributed by atoms with Gasteiger partial charge in [-0.25, -0.2) is 0 Å². The molecule has 1 aromatic rings. The van der Waals surface area contributed by atoms with Gasteiger partial charge >= 0.3 is 0 Å². The highest BCUT2D eigenvalue weighted by molar-refractivity contribution is 6.31. The Balaban J connectivity index is 2.76. The van der Waals surface area contributed by atoms with E-state index < -0.39 is 11.0 Å². The molecule has 7 heteroatoms. The lowest BCUT2D eigenvalue weighted by molar-refractivity contribution is -0.385. The van der Waals surface area contributed by atoms with Gasteiger partial charge in [0.05, 0.1) is 21.6 Å². The van der Waals surface area contributed by atoms with E-state index in [1.165, 1.54) is 12.1 Å². The van der Waals surface area contributed by atoms with Crippen molar-refractivity contribution in [3.63, 3.8) is 0 Å². The first-order valence-electron chi connectivity index (χ1n) is 6.59. The van der Waals surface area contributed by atoms with E-state index in [1.807, 2.05) is 20.8 Å². The molecule has 1 atom stereocenters. The third-order valence-electron chi connectivity index (χ3n) is 2.77. The molecule has 0 spiro atoms. The molecule has 0 saturated carbocycles. The van der Waals surface area contributed by atoms with Gasteiger partial charge in [-0.15, -0.1) is 0 Å². The van der Waals surface area contributed by atoms with Gasteiger partial charge in [-0.05, 0) is 33.8 Å². The van der Waals surface area contributed by atoms with Crippen molar-refractivity contribution in [2.24, 2.45) is 0 Å². The molecule has 0 radical (unpaired) electrons. The second-order valence-electron chi connectivity index (χ2n) is 5.84. The van der Waals surface area contributed by atoms with Crippen molar-refractivity contribution in [2.45, 2.75) is 45.8 Å². The van der Waals surface area contributed by atoms with Crippen LogP contribution < -0.4 is 10.6 Å². The Morgan fingerprint density at radius 2 is 2.05 bits per heavy atom. The zero-order chi connectivity index (χ0) is 16.2. The van der Waals surface area contributed by atoms with Gasteiger partial charge in [0.25, 0.3) is 5.69 Å². The number of nitro benzene ring substituents is 1. The topological polar surface area (TPSA) is 84.3 Å². The maximum absolute atomic E-state index is 11.9. The fraction of sp³-hybridized carbons (Fsp3) is 0.500. The van der Waals surface area contributed by atoms with Crippen molar-refractivity contribution in [1.82, 2.24) is 10.6 Å². The highest BCUT2D eigenvalue weighted by Gasteiger charge is 2.21. The molecule has 0 aliphatic rings. The number of amides is 1. The second-order valence-corrected chi connectivity index (χ2v) is 6.24. The summed E-state index contributed by atoms with van der Waals surface area (Å²) in [6.45, 7) is 7.50. The van der Waals surface area contributed by atoms with Gasteiger partial charge in [-0.3, -0.25) is 14.9 Å². The highest BCUT2D eigenvalue weighted by Crippen LogP contribution is 2.25. The van der Waals surface area contributed by atoms with Crippen LogP contribution in [0, 0.1) is 10.1 Å². The fourth-order valence-corrected chi connectivity index (χ4v) is 1.96. The molecule has 1 unspecified atom stereocenters. The molecule has 0 aliphatic heterocycles. The molecule has 6 nitrogen and oxygen atoms in total. The molecule has 0 aromatic heterocycles. The molecular formula is C14H20ClN3O3. The minimum Gasteiger partial charge on any atom is -0.350 e. The van der Waals surface area contributed by atoms with E-state index in [0.717, 1.165) is 0 Å². The number of nitro groups is 1. The Kier molecular flexibility index (Phi) is 5.69. The first-order chi connectivity index (χ1) is 9.61. The summed E-state index contributed by atoms with van der Waals surface area (Å²) in [4.78, 5) is 22.4. The van der Waals surface area contributed by atoms with Crippen LogP contribution in [-0.2, 0) is 11.3 Å². The smallest absolute Gasteiger partial charge is 0.275 e. The first-order valence-corrected chi connectivity index (χ1v) is 6.97. The summed E-state index contributed by atoms with van der Waals surface area (Å²) < 4.78 is 0. The number of hydrogen-bond acceptors (Lipinski definition) is 4. The maximum atomic E-state index is 11.9. The van der Waals surface area contributed by atoms with E-state index in [-0.39, 0.29) is 23.7 Å². The van der Waals surface area contributed by atoms with Crippen molar-refractivity contribution in [2.75, 3.05) is 0 Å². The van der Waals surface area contributed by atoms with E-state index in [1.54, 1.807) is 13.0 Å². The molecule has 21 heavy (non-hydrogen) atoms. The summed E-state index contributed by atoms with van der Waals surface area (Å²) in [5.74, 6) is -0.169. The van der Waals surface area contributed by atoms with E-state index in [2.05, 4.69) is 10.6 Å². The monoisotopic (exact) mass is 313 g/mol.